The van der Waals surface area contributed by atoms with E-state index in [9.17, 15) is 4.79 Å². The van der Waals surface area contributed by atoms with Gasteiger partial charge in [-0.05, 0) is 25.8 Å². The lowest BCUT2D eigenvalue weighted by Crippen LogP contribution is -2.20. The van der Waals surface area contributed by atoms with Gasteiger partial charge in [-0.3, -0.25) is 0 Å². The molecule has 28 heavy (non-hydrogen) atoms. The molecule has 1 amide bonds. The minimum atomic E-state index is -1.13. The fourth-order valence-corrected chi connectivity index (χ4v) is 4.28. The number of rotatable bonds is 5. The maximum Gasteiger partial charge on any atom is 0.405 e. The molecule has 1 aliphatic carbocycles. The van der Waals surface area contributed by atoms with E-state index in [1.807, 2.05) is 18.2 Å². The van der Waals surface area contributed by atoms with Crippen LogP contribution in [0.2, 0.25) is 0 Å². The van der Waals surface area contributed by atoms with E-state index in [2.05, 4.69) is 26.9 Å². The van der Waals surface area contributed by atoms with Gasteiger partial charge < -0.3 is 24.3 Å². The van der Waals surface area contributed by atoms with Crippen molar-refractivity contribution in [3.8, 4) is 17.1 Å². The molecule has 1 aromatic carbocycles. The molecular formula is C20H24N4O4. The van der Waals surface area contributed by atoms with E-state index in [1.165, 1.54) is 19.3 Å². The number of carboxylic acid groups (broad SMARTS) is 1. The second kappa shape index (κ2) is 7.53. The first kappa shape index (κ1) is 18.3. The van der Waals surface area contributed by atoms with Crippen LogP contribution in [0.4, 0.5) is 4.79 Å². The van der Waals surface area contributed by atoms with Crippen LogP contribution in [0.3, 0.4) is 0 Å². The summed E-state index contributed by atoms with van der Waals surface area (Å²) in [7, 11) is 1.69. The van der Waals surface area contributed by atoms with Crippen molar-refractivity contribution in [3.63, 3.8) is 0 Å². The summed E-state index contributed by atoms with van der Waals surface area (Å²) in [4.78, 5) is 15.1. The number of amides is 1. The number of ether oxygens (including phenoxy) is 1. The molecule has 8 nitrogen and oxygen atoms in total. The quantitative estimate of drug-likeness (QED) is 0.681. The molecule has 4 rings (SSSR count). The highest BCUT2D eigenvalue weighted by molar-refractivity contribution is 5.99. The first-order valence-corrected chi connectivity index (χ1v) is 9.57. The van der Waals surface area contributed by atoms with Crippen molar-refractivity contribution in [1.82, 2.24) is 20.0 Å². The maximum absolute atomic E-state index is 10.7. The molecule has 2 N–H and O–H groups in total. The van der Waals surface area contributed by atoms with Gasteiger partial charge in [0, 0.05) is 17.1 Å². The number of methoxy groups -OCH3 is 1. The van der Waals surface area contributed by atoms with Crippen LogP contribution in [-0.2, 0) is 6.54 Å². The van der Waals surface area contributed by atoms with Crippen LogP contribution >= 0.6 is 0 Å². The molecule has 2 heterocycles. The summed E-state index contributed by atoms with van der Waals surface area (Å²) in [5.41, 5.74) is 3.04. The van der Waals surface area contributed by atoms with Crippen molar-refractivity contribution in [2.45, 2.75) is 51.6 Å². The van der Waals surface area contributed by atoms with E-state index in [0.29, 0.717) is 11.9 Å². The highest BCUT2D eigenvalue weighted by Crippen LogP contribution is 2.42. The van der Waals surface area contributed by atoms with Gasteiger partial charge in [0.1, 0.15) is 12.3 Å². The lowest BCUT2D eigenvalue weighted by Gasteiger charge is -2.26. The number of hydrogen-bond donors (Lipinski definition) is 2. The summed E-state index contributed by atoms with van der Waals surface area (Å²) in [6, 6.07) is 6.40. The van der Waals surface area contributed by atoms with Gasteiger partial charge in [0.25, 0.3) is 0 Å². The summed E-state index contributed by atoms with van der Waals surface area (Å²) >= 11 is 0. The van der Waals surface area contributed by atoms with Gasteiger partial charge in [-0.2, -0.15) is 4.98 Å². The third-order valence-corrected chi connectivity index (χ3v) is 5.47. The number of nitrogens with one attached hydrogen (secondary N) is 1. The van der Waals surface area contributed by atoms with E-state index in [-0.39, 0.29) is 12.4 Å². The van der Waals surface area contributed by atoms with Gasteiger partial charge >= 0.3 is 6.09 Å². The molecule has 0 radical (unpaired) electrons. The molecule has 1 fully saturated rings. The summed E-state index contributed by atoms with van der Waals surface area (Å²) in [5, 5.41) is 16.2. The molecule has 8 heteroatoms. The number of benzene rings is 1. The van der Waals surface area contributed by atoms with Crippen molar-refractivity contribution in [3.05, 3.63) is 29.8 Å². The van der Waals surface area contributed by atoms with Crippen molar-refractivity contribution in [2.24, 2.45) is 0 Å². The fourth-order valence-electron chi connectivity index (χ4n) is 4.28. The lowest BCUT2D eigenvalue weighted by atomic mass is 9.95. The van der Waals surface area contributed by atoms with Gasteiger partial charge in [0.2, 0.25) is 11.7 Å². The second-order valence-corrected chi connectivity index (χ2v) is 7.15. The van der Waals surface area contributed by atoms with E-state index < -0.39 is 6.09 Å². The Hall–Kier alpha value is -3.03. The average Bonchev–Trinajstić information content (AvgIpc) is 3.28. The minimum Gasteiger partial charge on any atom is -0.495 e. The second-order valence-electron chi connectivity index (χ2n) is 7.15. The van der Waals surface area contributed by atoms with E-state index >= 15 is 0 Å². The van der Waals surface area contributed by atoms with Crippen LogP contribution in [0.15, 0.2) is 22.7 Å². The molecule has 0 spiro atoms. The zero-order chi connectivity index (χ0) is 19.7. The molecule has 0 bridgehead atoms. The third kappa shape index (κ3) is 3.19. The molecule has 3 aromatic rings. The topological polar surface area (TPSA) is 102 Å². The van der Waals surface area contributed by atoms with Gasteiger partial charge in [-0.15, -0.1) is 0 Å². The van der Waals surface area contributed by atoms with Crippen molar-refractivity contribution in [2.75, 3.05) is 7.11 Å². The van der Waals surface area contributed by atoms with Crippen molar-refractivity contribution >= 4 is 17.0 Å². The van der Waals surface area contributed by atoms with E-state index in [0.717, 1.165) is 40.8 Å². The Morgan fingerprint density at radius 2 is 2.14 bits per heavy atom. The Kier molecular flexibility index (Phi) is 4.93. The summed E-state index contributed by atoms with van der Waals surface area (Å²) in [6.07, 6.45) is 4.88. The Bertz CT molecular complexity index is 1000. The third-order valence-electron chi connectivity index (χ3n) is 5.47. The molecule has 2 aromatic heterocycles. The maximum atomic E-state index is 10.7. The first-order chi connectivity index (χ1) is 13.6. The SMILES string of the molecule is COc1cccc2c(-c3noc(CNC(=O)O)n3)c(C)n(C3CCCCC3)c12. The Labute approximate surface area is 162 Å². The number of nitrogens with zero attached hydrogens (tertiary/aromatic N) is 3. The molecule has 0 aliphatic heterocycles. The van der Waals surface area contributed by atoms with Gasteiger partial charge in [-0.25, -0.2) is 4.79 Å². The summed E-state index contributed by atoms with van der Waals surface area (Å²) < 4.78 is 13.3. The van der Waals surface area contributed by atoms with E-state index in [1.54, 1.807) is 7.11 Å². The standard InChI is InChI=1S/C20H24N4O4/c1-12-17(19-22-16(28-23-19)11-21-20(25)26)14-9-6-10-15(27-2)18(14)24(12)13-7-4-3-5-8-13/h6,9-10,13,21H,3-5,7-8,11H2,1-2H3,(H,25,26). The van der Waals surface area contributed by atoms with Crippen molar-refractivity contribution in [1.29, 1.82) is 0 Å². The minimum absolute atomic E-state index is 0.0219. The molecule has 0 saturated heterocycles. The average molecular weight is 384 g/mol. The number of carbonyl (C=O) groups is 1. The Balaban J connectivity index is 1.85. The van der Waals surface area contributed by atoms with E-state index in [4.69, 9.17) is 14.4 Å². The largest absolute Gasteiger partial charge is 0.495 e. The molecular weight excluding hydrogens is 360 g/mol. The van der Waals surface area contributed by atoms with Crippen LogP contribution in [-0.4, -0.2) is 33.0 Å². The van der Waals surface area contributed by atoms with Crippen LogP contribution < -0.4 is 10.1 Å². The molecule has 0 unspecified atom stereocenters. The predicted molar refractivity (Wildman–Crippen MR) is 104 cm³/mol. The van der Waals surface area contributed by atoms with Gasteiger partial charge in [0.05, 0.1) is 18.2 Å². The number of hydrogen-bond acceptors (Lipinski definition) is 5. The van der Waals surface area contributed by atoms with Crippen LogP contribution in [0.5, 0.6) is 5.75 Å². The summed E-state index contributed by atoms with van der Waals surface area (Å²) in [5.74, 6) is 1.53. The monoisotopic (exact) mass is 384 g/mol. The van der Waals surface area contributed by atoms with Crippen molar-refractivity contribution < 1.29 is 19.2 Å². The zero-order valence-electron chi connectivity index (χ0n) is 16.1. The molecule has 148 valence electrons. The first-order valence-electron chi connectivity index (χ1n) is 9.57. The highest BCUT2D eigenvalue weighted by atomic mass is 16.5. The fraction of sp³-hybridized carbons (Fsp3) is 0.450. The Morgan fingerprint density at radius 1 is 1.36 bits per heavy atom. The lowest BCUT2D eigenvalue weighted by molar-refractivity contribution is 0.192. The normalized spacial score (nSPS) is 15.1. The number of fused-ring (bicyclic) bond motifs is 1. The molecule has 0 atom stereocenters. The molecule has 1 saturated carbocycles. The Morgan fingerprint density at radius 3 is 2.86 bits per heavy atom. The van der Waals surface area contributed by atoms with Crippen LogP contribution in [0, 0.1) is 6.92 Å². The highest BCUT2D eigenvalue weighted by Gasteiger charge is 2.27. The number of aromatic nitrogens is 3. The zero-order valence-corrected chi connectivity index (χ0v) is 16.1. The van der Waals surface area contributed by atoms with Crippen LogP contribution in [0.25, 0.3) is 22.3 Å². The van der Waals surface area contributed by atoms with Gasteiger partial charge in [-0.1, -0.05) is 36.6 Å². The number of para-hydroxylation sites is 1. The predicted octanol–water partition coefficient (Wildman–Crippen LogP) is 4.28. The van der Waals surface area contributed by atoms with Gasteiger partial charge in [0.15, 0.2) is 0 Å². The van der Waals surface area contributed by atoms with Crippen LogP contribution in [0.1, 0.15) is 49.7 Å². The smallest absolute Gasteiger partial charge is 0.405 e. The summed E-state index contributed by atoms with van der Waals surface area (Å²) in [6.45, 7) is 2.06. The molecule has 1 aliphatic rings.